The quantitative estimate of drug-likeness (QED) is 0.416. The Labute approximate surface area is 110 Å². The van der Waals surface area contributed by atoms with E-state index in [1.54, 1.807) is 6.08 Å². The Kier molecular flexibility index (Phi) is 5.62. The number of sulfone groups is 1. The zero-order valence-electron chi connectivity index (χ0n) is 10.9. The molecular formula is C13H21NO3S. The summed E-state index contributed by atoms with van der Waals surface area (Å²) in [6.45, 7) is 11.6. The molecule has 0 radical (unpaired) electrons. The van der Waals surface area contributed by atoms with E-state index >= 15 is 0 Å². The smallest absolute Gasteiger partial charge is 0.152 e. The molecule has 1 saturated heterocycles. The van der Waals surface area contributed by atoms with E-state index in [-0.39, 0.29) is 11.5 Å². The van der Waals surface area contributed by atoms with Crippen molar-refractivity contribution in [3.8, 4) is 0 Å². The Bertz CT molecular complexity index is 423. The number of hydrogen-bond acceptors (Lipinski definition) is 4. The maximum Gasteiger partial charge on any atom is 0.152 e. The van der Waals surface area contributed by atoms with Gasteiger partial charge in [-0.25, -0.2) is 8.42 Å². The Morgan fingerprint density at radius 1 is 1.39 bits per heavy atom. The molecule has 0 aromatic rings. The van der Waals surface area contributed by atoms with Crippen molar-refractivity contribution >= 4 is 9.84 Å². The van der Waals surface area contributed by atoms with Gasteiger partial charge in [-0.2, -0.15) is 0 Å². The van der Waals surface area contributed by atoms with Crippen LogP contribution >= 0.6 is 0 Å². The topological polar surface area (TPSA) is 46.6 Å². The predicted octanol–water partition coefficient (Wildman–Crippen LogP) is 1.38. The summed E-state index contributed by atoms with van der Waals surface area (Å²) in [5.74, 6) is 1.26. The molecule has 0 N–H and O–H groups in total. The fourth-order valence-corrected chi connectivity index (χ4v) is 2.90. The molecule has 1 aliphatic rings. The fraction of sp³-hybridized carbons (Fsp3) is 0.538. The highest BCUT2D eigenvalue weighted by molar-refractivity contribution is 7.91. The summed E-state index contributed by atoms with van der Waals surface area (Å²) in [5.41, 5.74) is 0.950. The van der Waals surface area contributed by atoms with Crippen LogP contribution in [0.4, 0.5) is 0 Å². The first-order valence-electron chi connectivity index (χ1n) is 5.94. The van der Waals surface area contributed by atoms with Gasteiger partial charge in [0.25, 0.3) is 0 Å². The van der Waals surface area contributed by atoms with Crippen LogP contribution in [0.2, 0.25) is 0 Å². The van der Waals surface area contributed by atoms with Crippen molar-refractivity contribution in [1.29, 1.82) is 0 Å². The van der Waals surface area contributed by atoms with E-state index in [2.05, 4.69) is 18.1 Å². The van der Waals surface area contributed by atoms with E-state index in [9.17, 15) is 8.42 Å². The van der Waals surface area contributed by atoms with Crippen LogP contribution in [0.3, 0.4) is 0 Å². The molecule has 1 heterocycles. The summed E-state index contributed by atoms with van der Waals surface area (Å²) in [5, 5.41) is 0. The Balaban J connectivity index is 2.49. The number of nitrogens with zero attached hydrogens (tertiary/aromatic N) is 1. The second-order valence-electron chi connectivity index (χ2n) is 4.54. The Morgan fingerprint density at radius 2 is 2.00 bits per heavy atom. The summed E-state index contributed by atoms with van der Waals surface area (Å²) in [4.78, 5) is 2.08. The second-order valence-corrected chi connectivity index (χ2v) is 6.85. The normalized spacial score (nSPS) is 20.4. The van der Waals surface area contributed by atoms with E-state index in [4.69, 9.17) is 4.74 Å². The molecule has 4 nitrogen and oxygen atoms in total. The van der Waals surface area contributed by atoms with Crippen molar-refractivity contribution in [1.82, 2.24) is 4.90 Å². The molecule has 1 rings (SSSR count). The van der Waals surface area contributed by atoms with Crippen LogP contribution in [-0.4, -0.2) is 51.1 Å². The first-order chi connectivity index (χ1) is 8.43. The van der Waals surface area contributed by atoms with Crippen molar-refractivity contribution in [3.63, 3.8) is 0 Å². The van der Waals surface area contributed by atoms with Gasteiger partial charge in [0.1, 0.15) is 12.4 Å². The first-order valence-corrected chi connectivity index (χ1v) is 7.76. The number of ether oxygens (including phenoxy) is 1. The molecule has 0 atom stereocenters. The van der Waals surface area contributed by atoms with Crippen LogP contribution < -0.4 is 0 Å². The molecule has 0 saturated carbocycles. The van der Waals surface area contributed by atoms with Gasteiger partial charge in [-0.05, 0) is 18.6 Å². The summed E-state index contributed by atoms with van der Waals surface area (Å²) < 4.78 is 28.2. The molecule has 0 spiro atoms. The molecule has 5 heteroatoms. The Hall–Kier alpha value is -1.07. The van der Waals surface area contributed by atoms with Gasteiger partial charge in [0, 0.05) is 13.1 Å². The van der Waals surface area contributed by atoms with Crippen LogP contribution in [0.5, 0.6) is 0 Å². The average Bonchev–Trinajstić information content (AvgIpc) is 2.29. The van der Waals surface area contributed by atoms with Crippen molar-refractivity contribution in [2.45, 2.75) is 6.92 Å². The van der Waals surface area contributed by atoms with Crippen LogP contribution in [-0.2, 0) is 14.6 Å². The summed E-state index contributed by atoms with van der Waals surface area (Å²) in [6, 6.07) is 0. The lowest BCUT2D eigenvalue weighted by Crippen LogP contribution is -2.41. The van der Waals surface area contributed by atoms with Crippen LogP contribution in [0.25, 0.3) is 0 Å². The molecule has 1 fully saturated rings. The molecule has 1 aliphatic heterocycles. The first kappa shape index (κ1) is 15.0. The number of hydrogen-bond donors (Lipinski definition) is 0. The highest BCUT2D eigenvalue weighted by Crippen LogP contribution is 2.09. The monoisotopic (exact) mass is 271 g/mol. The molecule has 0 unspecified atom stereocenters. The van der Waals surface area contributed by atoms with Crippen LogP contribution in [0.1, 0.15) is 6.92 Å². The standard InChI is InChI=1S/C13H21NO3S/c1-4-5-13(17-11-12(2)3)10-14-6-8-18(15,16)9-7-14/h4-5H,1-2,6-11H2,3H3/b13-5-. The summed E-state index contributed by atoms with van der Waals surface area (Å²) >= 11 is 0. The summed E-state index contributed by atoms with van der Waals surface area (Å²) in [6.07, 6.45) is 3.49. The molecule has 0 aromatic heterocycles. The zero-order chi connectivity index (χ0) is 13.6. The minimum Gasteiger partial charge on any atom is -0.492 e. The van der Waals surface area contributed by atoms with Gasteiger partial charge in [-0.1, -0.05) is 19.2 Å². The van der Waals surface area contributed by atoms with Gasteiger partial charge in [-0.3, -0.25) is 4.90 Å². The maximum atomic E-state index is 11.3. The number of rotatable bonds is 6. The lowest BCUT2D eigenvalue weighted by atomic mass is 10.3. The summed E-state index contributed by atoms with van der Waals surface area (Å²) in [7, 11) is -2.83. The van der Waals surface area contributed by atoms with E-state index in [0.29, 0.717) is 26.2 Å². The lowest BCUT2D eigenvalue weighted by Gasteiger charge is -2.27. The number of allylic oxidation sites excluding steroid dienone is 2. The van der Waals surface area contributed by atoms with Gasteiger partial charge in [0.2, 0.25) is 0 Å². The predicted molar refractivity (Wildman–Crippen MR) is 74.1 cm³/mol. The van der Waals surface area contributed by atoms with Crippen molar-refractivity contribution in [2.75, 3.05) is 37.7 Å². The van der Waals surface area contributed by atoms with E-state index in [1.165, 1.54) is 0 Å². The van der Waals surface area contributed by atoms with Gasteiger partial charge in [0.05, 0.1) is 18.1 Å². The van der Waals surface area contributed by atoms with Gasteiger partial charge in [0.15, 0.2) is 9.84 Å². The van der Waals surface area contributed by atoms with Gasteiger partial charge >= 0.3 is 0 Å². The molecule has 102 valence electrons. The van der Waals surface area contributed by atoms with Crippen LogP contribution in [0, 0.1) is 0 Å². The second kappa shape index (κ2) is 6.75. The van der Waals surface area contributed by atoms with Crippen molar-refractivity contribution in [2.24, 2.45) is 0 Å². The van der Waals surface area contributed by atoms with E-state index < -0.39 is 9.84 Å². The Morgan fingerprint density at radius 3 is 2.50 bits per heavy atom. The molecule has 18 heavy (non-hydrogen) atoms. The highest BCUT2D eigenvalue weighted by Gasteiger charge is 2.22. The van der Waals surface area contributed by atoms with Crippen LogP contribution in [0.15, 0.2) is 36.6 Å². The SMILES string of the molecule is C=C/C=C(/CN1CCS(=O)(=O)CC1)OCC(=C)C. The van der Waals surface area contributed by atoms with Gasteiger partial charge in [-0.15, -0.1) is 0 Å². The maximum absolute atomic E-state index is 11.3. The van der Waals surface area contributed by atoms with E-state index in [1.807, 2.05) is 13.0 Å². The molecular weight excluding hydrogens is 250 g/mol. The fourth-order valence-electron chi connectivity index (χ4n) is 1.62. The highest BCUT2D eigenvalue weighted by atomic mass is 32.2. The third kappa shape index (κ3) is 5.51. The van der Waals surface area contributed by atoms with Crippen molar-refractivity contribution < 1.29 is 13.2 Å². The molecule has 0 aliphatic carbocycles. The molecule has 0 bridgehead atoms. The molecule has 0 amide bonds. The third-order valence-electron chi connectivity index (χ3n) is 2.62. The minimum absolute atomic E-state index is 0.231. The largest absolute Gasteiger partial charge is 0.492 e. The van der Waals surface area contributed by atoms with Gasteiger partial charge < -0.3 is 4.74 Å². The third-order valence-corrected chi connectivity index (χ3v) is 4.23. The average molecular weight is 271 g/mol. The van der Waals surface area contributed by atoms with Crippen molar-refractivity contribution in [3.05, 3.63) is 36.6 Å². The molecule has 0 aromatic carbocycles. The lowest BCUT2D eigenvalue weighted by molar-refractivity contribution is 0.191. The minimum atomic E-state index is -2.83. The van der Waals surface area contributed by atoms with E-state index in [0.717, 1.165) is 11.3 Å². The zero-order valence-corrected chi connectivity index (χ0v) is 11.7.